The average molecular weight is 820 g/mol. The van der Waals surface area contributed by atoms with Crippen molar-refractivity contribution in [3.8, 4) is 0 Å². The lowest BCUT2D eigenvalue weighted by Gasteiger charge is -2.28. The minimum absolute atomic E-state index is 0.0246. The number of benzene rings is 2. The highest BCUT2D eigenvalue weighted by Gasteiger charge is 2.17. The fourth-order valence-corrected chi connectivity index (χ4v) is 7.08. The number of nitrogens with zero attached hydrogens (tertiary/aromatic N) is 5. The number of aryl methyl sites for hydroxylation is 2. The smallest absolute Gasteiger partial charge is 0.310 e. The van der Waals surface area contributed by atoms with Crippen LogP contribution in [0.3, 0.4) is 0 Å². The second-order valence-electron chi connectivity index (χ2n) is 12.8. The summed E-state index contributed by atoms with van der Waals surface area (Å²) in [5, 5.41) is 21.2. The summed E-state index contributed by atoms with van der Waals surface area (Å²) in [5.74, 6) is -0.298. The second kappa shape index (κ2) is 25.1. The minimum Gasteiger partial charge on any atom is -0.481 e. The van der Waals surface area contributed by atoms with E-state index in [0.29, 0.717) is 99.3 Å². The second-order valence-corrected chi connectivity index (χ2v) is 14.8. The lowest BCUT2D eigenvalue weighted by molar-refractivity contribution is -0.143. The number of thioether (sulfide) groups is 1. The molecule has 0 unspecified atom stereocenters. The zero-order chi connectivity index (χ0) is 40.0. The molecule has 0 bridgehead atoms. The Kier molecular flexibility index (Phi) is 20.7. The summed E-state index contributed by atoms with van der Waals surface area (Å²) in [6.07, 6.45) is 5.17. The minimum atomic E-state index is -0.849. The van der Waals surface area contributed by atoms with Gasteiger partial charge in [-0.05, 0) is 41.7 Å². The van der Waals surface area contributed by atoms with Crippen molar-refractivity contribution in [1.29, 1.82) is 0 Å². The number of halogens is 2. The first kappa shape index (κ1) is 45.3. The topological polar surface area (TPSA) is 164 Å². The molecule has 0 atom stereocenters. The van der Waals surface area contributed by atoms with E-state index in [4.69, 9.17) is 33.0 Å². The summed E-state index contributed by atoms with van der Waals surface area (Å²) in [4.78, 5) is 64.4. The molecule has 1 heterocycles. The summed E-state index contributed by atoms with van der Waals surface area (Å²) >= 11 is 14.2. The normalized spacial score (nSPS) is 10.9. The van der Waals surface area contributed by atoms with Crippen molar-refractivity contribution in [2.45, 2.75) is 78.2 Å². The van der Waals surface area contributed by atoms with Gasteiger partial charge in [-0.25, -0.2) is 0 Å². The van der Waals surface area contributed by atoms with Crippen LogP contribution >= 0.6 is 35.0 Å². The van der Waals surface area contributed by atoms with E-state index < -0.39 is 5.97 Å². The summed E-state index contributed by atoms with van der Waals surface area (Å²) in [6.45, 7) is 6.13. The number of hydrogen-bond donors (Lipinski definition) is 2. The van der Waals surface area contributed by atoms with Crippen LogP contribution in [0, 0.1) is 0 Å². The molecule has 0 spiro atoms. The van der Waals surface area contributed by atoms with Gasteiger partial charge >= 0.3 is 11.9 Å². The number of hydrogen-bond acceptors (Lipinski definition) is 9. The maximum absolute atomic E-state index is 12.6. The van der Waals surface area contributed by atoms with Gasteiger partial charge in [-0.2, -0.15) is 11.8 Å². The van der Waals surface area contributed by atoms with Gasteiger partial charge in [-0.15, -0.1) is 5.10 Å². The quantitative estimate of drug-likeness (QED) is 0.0784. The van der Waals surface area contributed by atoms with Gasteiger partial charge in [0.15, 0.2) is 0 Å². The molecule has 0 saturated heterocycles. The molecule has 0 aliphatic rings. The van der Waals surface area contributed by atoms with Crippen LogP contribution in [-0.2, 0) is 54.5 Å². The number of esters is 1. The SMILES string of the molecule is CCC(=O)N(CCNC(=O)CCCc1cn(CCCOC(=O)Cc2ccccc2Cc2c(Cl)cccc2Cl)nn1)CCN(CCSCCC(=O)O)C(=O)CC. The van der Waals surface area contributed by atoms with Gasteiger partial charge < -0.3 is 25.0 Å². The summed E-state index contributed by atoms with van der Waals surface area (Å²) in [7, 11) is 0. The average Bonchev–Trinajstić information content (AvgIpc) is 3.62. The van der Waals surface area contributed by atoms with Gasteiger partial charge in [0.2, 0.25) is 17.7 Å². The van der Waals surface area contributed by atoms with E-state index in [1.807, 2.05) is 30.5 Å². The van der Waals surface area contributed by atoms with Crippen LogP contribution in [0.4, 0.5) is 0 Å². The van der Waals surface area contributed by atoms with Crippen molar-refractivity contribution < 1.29 is 33.8 Å². The van der Waals surface area contributed by atoms with Crippen LogP contribution in [0.1, 0.15) is 74.8 Å². The van der Waals surface area contributed by atoms with Crippen LogP contribution < -0.4 is 5.32 Å². The van der Waals surface area contributed by atoms with Gasteiger partial charge in [-0.1, -0.05) is 72.6 Å². The molecular weight excluding hydrogens is 767 g/mol. The van der Waals surface area contributed by atoms with Crippen LogP contribution in [0.5, 0.6) is 0 Å². The van der Waals surface area contributed by atoms with E-state index >= 15 is 0 Å². The molecule has 0 fully saturated rings. The molecule has 0 aliphatic carbocycles. The van der Waals surface area contributed by atoms with Gasteiger partial charge in [0.1, 0.15) is 0 Å². The van der Waals surface area contributed by atoms with Crippen molar-refractivity contribution in [2.75, 3.05) is 50.8 Å². The Morgan fingerprint density at radius 2 is 1.53 bits per heavy atom. The molecule has 0 aliphatic heterocycles. The van der Waals surface area contributed by atoms with Gasteiger partial charge in [-0.3, -0.25) is 28.7 Å². The van der Waals surface area contributed by atoms with Crippen LogP contribution in [0.15, 0.2) is 48.7 Å². The molecule has 300 valence electrons. The molecule has 0 saturated carbocycles. The number of carboxylic acids is 1. The lowest BCUT2D eigenvalue weighted by Crippen LogP contribution is -2.44. The Labute approximate surface area is 337 Å². The Balaban J connectivity index is 1.32. The van der Waals surface area contributed by atoms with Crippen molar-refractivity contribution in [1.82, 2.24) is 30.1 Å². The van der Waals surface area contributed by atoms with E-state index in [1.54, 1.807) is 46.5 Å². The zero-order valence-corrected chi connectivity index (χ0v) is 34.0. The first-order chi connectivity index (χ1) is 26.5. The molecule has 0 radical (unpaired) electrons. The largest absolute Gasteiger partial charge is 0.481 e. The number of aromatic nitrogens is 3. The van der Waals surface area contributed by atoms with Crippen LogP contribution in [0.2, 0.25) is 10.0 Å². The first-order valence-electron chi connectivity index (χ1n) is 18.7. The first-order valence-corrected chi connectivity index (χ1v) is 20.6. The predicted octanol–water partition coefficient (Wildman–Crippen LogP) is 5.48. The Hall–Kier alpha value is -4.14. The zero-order valence-electron chi connectivity index (χ0n) is 31.6. The maximum Gasteiger partial charge on any atom is 0.310 e. The third-order valence-corrected chi connectivity index (χ3v) is 10.4. The number of ether oxygens (including phenoxy) is 1. The summed E-state index contributed by atoms with van der Waals surface area (Å²) in [6, 6.07) is 13.0. The van der Waals surface area contributed by atoms with Crippen molar-refractivity contribution in [3.63, 3.8) is 0 Å². The highest BCUT2D eigenvalue weighted by molar-refractivity contribution is 7.99. The predicted molar refractivity (Wildman–Crippen MR) is 214 cm³/mol. The van der Waals surface area contributed by atoms with Crippen molar-refractivity contribution in [2.24, 2.45) is 0 Å². The standard InChI is InChI=1S/C39H52Cl2N6O7S/c1-3-36(49)45(20-21-46(37(50)4-2)22-25-55-24-16-38(51)52)19-17-42-35(48)15-7-12-31-28-47(44-43-31)18-9-23-54-39(53)27-30-11-6-5-10-29(30)26-32-33(40)13-8-14-34(32)41/h5-6,8,10-11,13-14,28H,3-4,7,9,12,15-27H2,1-2H3,(H,42,48)(H,51,52). The molecule has 3 aromatic rings. The Bertz CT molecular complexity index is 1690. The lowest BCUT2D eigenvalue weighted by atomic mass is 9.98. The van der Waals surface area contributed by atoms with Crippen LogP contribution in [-0.4, -0.2) is 110 Å². The Morgan fingerprint density at radius 1 is 0.855 bits per heavy atom. The van der Waals surface area contributed by atoms with Gasteiger partial charge in [0, 0.05) is 99.1 Å². The Morgan fingerprint density at radius 3 is 2.20 bits per heavy atom. The van der Waals surface area contributed by atoms with Crippen LogP contribution in [0.25, 0.3) is 0 Å². The number of amides is 3. The van der Waals surface area contributed by atoms with Gasteiger partial charge in [0.05, 0.1) is 25.1 Å². The van der Waals surface area contributed by atoms with E-state index in [-0.39, 0.29) is 49.6 Å². The number of nitrogens with one attached hydrogen (secondary N) is 1. The number of aliphatic carboxylic acids is 1. The maximum atomic E-state index is 12.6. The summed E-state index contributed by atoms with van der Waals surface area (Å²) in [5.41, 5.74) is 3.38. The molecule has 2 aromatic carbocycles. The fourth-order valence-electron chi connectivity index (χ4n) is 5.67. The molecule has 13 nitrogen and oxygen atoms in total. The van der Waals surface area contributed by atoms with E-state index in [0.717, 1.165) is 22.4 Å². The molecular formula is C39H52Cl2N6O7S. The van der Waals surface area contributed by atoms with Crippen molar-refractivity contribution >= 4 is 64.6 Å². The molecule has 2 N–H and O–H groups in total. The third-order valence-electron chi connectivity index (χ3n) is 8.72. The summed E-state index contributed by atoms with van der Waals surface area (Å²) < 4.78 is 7.19. The molecule has 16 heteroatoms. The fraction of sp³-hybridized carbons (Fsp3) is 0.513. The van der Waals surface area contributed by atoms with Gasteiger partial charge in [0.25, 0.3) is 0 Å². The van der Waals surface area contributed by atoms with E-state index in [1.165, 1.54) is 11.8 Å². The molecule has 55 heavy (non-hydrogen) atoms. The number of carbonyl (C=O) groups is 5. The van der Waals surface area contributed by atoms with E-state index in [2.05, 4.69) is 15.6 Å². The number of rotatable bonds is 26. The number of carbonyl (C=O) groups excluding carboxylic acids is 4. The monoisotopic (exact) mass is 818 g/mol. The van der Waals surface area contributed by atoms with Crippen molar-refractivity contribution in [3.05, 3.63) is 81.1 Å². The highest BCUT2D eigenvalue weighted by atomic mass is 35.5. The highest BCUT2D eigenvalue weighted by Crippen LogP contribution is 2.28. The molecule has 3 amide bonds. The molecule has 1 aromatic heterocycles. The van der Waals surface area contributed by atoms with E-state index in [9.17, 15) is 24.0 Å². The number of carboxylic acid groups (broad SMARTS) is 1. The third kappa shape index (κ3) is 17.0. The molecule has 3 rings (SSSR count).